The number of aromatic nitrogens is 2. The summed E-state index contributed by atoms with van der Waals surface area (Å²) in [5, 5.41) is 7.25. The molecule has 3 aromatic rings. The smallest absolute Gasteiger partial charge is 0.252 e. The first-order chi connectivity index (χ1) is 12.5. The lowest BCUT2D eigenvalue weighted by molar-refractivity contribution is 0.0956. The van der Waals surface area contributed by atoms with Crippen molar-refractivity contribution in [3.05, 3.63) is 64.6 Å². The molecule has 0 bridgehead atoms. The molecule has 0 unspecified atom stereocenters. The van der Waals surface area contributed by atoms with Crippen LogP contribution in [0.3, 0.4) is 0 Å². The van der Waals surface area contributed by atoms with E-state index in [1.165, 1.54) is 0 Å². The van der Waals surface area contributed by atoms with Crippen molar-refractivity contribution in [3.63, 3.8) is 0 Å². The predicted molar refractivity (Wildman–Crippen MR) is 106 cm³/mol. The van der Waals surface area contributed by atoms with Crippen LogP contribution in [0.25, 0.3) is 10.9 Å². The third-order valence-electron chi connectivity index (χ3n) is 4.60. The number of amides is 1. The zero-order valence-corrected chi connectivity index (χ0v) is 15.7. The van der Waals surface area contributed by atoms with Crippen molar-refractivity contribution in [1.82, 2.24) is 15.3 Å². The van der Waals surface area contributed by atoms with Gasteiger partial charge in [0.05, 0.1) is 11.1 Å². The van der Waals surface area contributed by atoms with E-state index in [-0.39, 0.29) is 5.91 Å². The van der Waals surface area contributed by atoms with Crippen molar-refractivity contribution in [2.24, 2.45) is 0 Å². The molecule has 0 spiro atoms. The predicted octanol–water partition coefficient (Wildman–Crippen LogP) is 3.71. The number of hydrogen-bond acceptors (Lipinski definition) is 4. The summed E-state index contributed by atoms with van der Waals surface area (Å²) >= 11 is 0. The molecule has 26 heavy (non-hydrogen) atoms. The van der Waals surface area contributed by atoms with Crippen LogP contribution in [-0.2, 0) is 0 Å². The second kappa shape index (κ2) is 7.52. The molecule has 0 aliphatic heterocycles. The monoisotopic (exact) mass is 348 g/mol. The van der Waals surface area contributed by atoms with Crippen LogP contribution in [0, 0.1) is 27.7 Å². The first-order valence-electron chi connectivity index (χ1n) is 8.77. The highest BCUT2D eigenvalue weighted by molar-refractivity contribution is 6.07. The molecular weight excluding hydrogens is 324 g/mol. The summed E-state index contributed by atoms with van der Waals surface area (Å²) in [7, 11) is 0. The average Bonchev–Trinajstić information content (AvgIpc) is 2.61. The number of nitrogens with zero attached hydrogens (tertiary/aromatic N) is 2. The molecule has 0 aliphatic carbocycles. The lowest BCUT2D eigenvalue weighted by Crippen LogP contribution is -2.30. The van der Waals surface area contributed by atoms with Crippen LogP contribution >= 0.6 is 0 Å². The molecule has 0 aliphatic rings. The molecule has 2 N–H and O–H groups in total. The van der Waals surface area contributed by atoms with E-state index < -0.39 is 0 Å². The summed E-state index contributed by atoms with van der Waals surface area (Å²) in [4.78, 5) is 21.5. The van der Waals surface area contributed by atoms with Crippen molar-refractivity contribution < 1.29 is 4.79 Å². The molecule has 0 radical (unpaired) electrons. The second-order valence-corrected chi connectivity index (χ2v) is 6.59. The quantitative estimate of drug-likeness (QED) is 0.690. The largest absolute Gasteiger partial charge is 0.383 e. The minimum atomic E-state index is -0.0585. The fraction of sp³-hybridized carbons (Fsp3) is 0.286. The van der Waals surface area contributed by atoms with Gasteiger partial charge in [0.15, 0.2) is 0 Å². The van der Waals surface area contributed by atoms with Crippen LogP contribution in [-0.4, -0.2) is 29.0 Å². The molecule has 0 saturated carbocycles. The van der Waals surface area contributed by atoms with Gasteiger partial charge in [-0.2, -0.15) is 0 Å². The Morgan fingerprint density at radius 1 is 1.08 bits per heavy atom. The van der Waals surface area contributed by atoms with Crippen molar-refractivity contribution in [2.45, 2.75) is 27.7 Å². The van der Waals surface area contributed by atoms with Crippen LogP contribution in [0.5, 0.6) is 0 Å². The van der Waals surface area contributed by atoms with Gasteiger partial charge in [-0.05, 0) is 57.0 Å². The summed E-state index contributed by atoms with van der Waals surface area (Å²) in [6.45, 7) is 9.12. The fourth-order valence-electron chi connectivity index (χ4n) is 3.02. The van der Waals surface area contributed by atoms with Crippen molar-refractivity contribution in [1.29, 1.82) is 0 Å². The number of pyridine rings is 2. The number of carbonyl (C=O) groups is 1. The highest BCUT2D eigenvalue weighted by Gasteiger charge is 2.16. The third kappa shape index (κ3) is 3.67. The third-order valence-corrected chi connectivity index (χ3v) is 4.60. The lowest BCUT2D eigenvalue weighted by Gasteiger charge is -2.14. The first kappa shape index (κ1) is 17.9. The van der Waals surface area contributed by atoms with E-state index in [9.17, 15) is 4.79 Å². The Balaban J connectivity index is 1.74. The van der Waals surface area contributed by atoms with Gasteiger partial charge < -0.3 is 10.6 Å². The normalized spacial score (nSPS) is 10.8. The Hall–Kier alpha value is -2.95. The highest BCUT2D eigenvalue weighted by atomic mass is 16.1. The maximum Gasteiger partial charge on any atom is 0.252 e. The molecule has 1 aromatic carbocycles. The van der Waals surface area contributed by atoms with Crippen LogP contribution < -0.4 is 10.6 Å². The number of fused-ring (bicyclic) bond motifs is 1. The molecule has 2 heterocycles. The minimum Gasteiger partial charge on any atom is -0.383 e. The van der Waals surface area contributed by atoms with Gasteiger partial charge in [-0.3, -0.25) is 14.8 Å². The van der Waals surface area contributed by atoms with Crippen LogP contribution in [0.15, 0.2) is 36.7 Å². The summed E-state index contributed by atoms with van der Waals surface area (Å²) in [6.07, 6.45) is 3.57. The standard InChI is InChI=1S/C21H24N4O/c1-13-5-6-19-17(11-13)20(15(3)16(4)25-19)21(26)24-10-9-23-18-7-8-22-12-14(18)2/h5-8,11-12H,9-10H2,1-4H3,(H,22,23)(H,24,26). The zero-order chi connectivity index (χ0) is 18.7. The second-order valence-electron chi connectivity index (χ2n) is 6.59. The van der Waals surface area contributed by atoms with E-state index >= 15 is 0 Å². The molecule has 3 rings (SSSR count). The van der Waals surface area contributed by atoms with E-state index in [2.05, 4.69) is 20.6 Å². The van der Waals surface area contributed by atoms with E-state index in [4.69, 9.17) is 0 Å². The topological polar surface area (TPSA) is 66.9 Å². The van der Waals surface area contributed by atoms with Crippen LogP contribution in [0.4, 0.5) is 5.69 Å². The van der Waals surface area contributed by atoms with E-state index in [0.717, 1.165) is 44.5 Å². The Morgan fingerprint density at radius 2 is 1.88 bits per heavy atom. The molecule has 5 heteroatoms. The number of benzene rings is 1. The Bertz CT molecular complexity index is 966. The summed E-state index contributed by atoms with van der Waals surface area (Å²) in [5.41, 5.74) is 6.62. The fourth-order valence-corrected chi connectivity index (χ4v) is 3.02. The minimum absolute atomic E-state index is 0.0585. The molecule has 5 nitrogen and oxygen atoms in total. The molecule has 0 fully saturated rings. The number of carbonyl (C=O) groups excluding carboxylic acids is 1. The van der Waals surface area contributed by atoms with Gasteiger partial charge in [0.25, 0.3) is 5.91 Å². The average molecular weight is 348 g/mol. The van der Waals surface area contributed by atoms with Gasteiger partial charge in [-0.1, -0.05) is 11.6 Å². The lowest BCUT2D eigenvalue weighted by atomic mass is 9.99. The van der Waals surface area contributed by atoms with Gasteiger partial charge >= 0.3 is 0 Å². The van der Waals surface area contributed by atoms with Gasteiger partial charge in [0.2, 0.25) is 0 Å². The SMILES string of the molecule is Cc1ccc2nc(C)c(C)c(C(=O)NCCNc3ccncc3C)c2c1. The van der Waals surface area contributed by atoms with Crippen molar-refractivity contribution >= 4 is 22.5 Å². The number of anilines is 1. The van der Waals surface area contributed by atoms with Gasteiger partial charge in [-0.15, -0.1) is 0 Å². The molecule has 2 aromatic heterocycles. The maximum atomic E-state index is 12.8. The Kier molecular flexibility index (Phi) is 5.16. The number of hydrogen-bond donors (Lipinski definition) is 2. The summed E-state index contributed by atoms with van der Waals surface area (Å²) in [6, 6.07) is 7.96. The molecule has 1 amide bonds. The highest BCUT2D eigenvalue weighted by Crippen LogP contribution is 2.24. The van der Waals surface area contributed by atoms with Gasteiger partial charge in [0, 0.05) is 42.3 Å². The van der Waals surface area contributed by atoms with E-state index in [1.807, 2.05) is 58.2 Å². The zero-order valence-electron chi connectivity index (χ0n) is 15.7. The molecule has 0 saturated heterocycles. The van der Waals surface area contributed by atoms with Crippen LogP contribution in [0.2, 0.25) is 0 Å². The summed E-state index contributed by atoms with van der Waals surface area (Å²) in [5.74, 6) is -0.0585. The maximum absolute atomic E-state index is 12.8. The number of nitrogens with one attached hydrogen (secondary N) is 2. The first-order valence-corrected chi connectivity index (χ1v) is 8.77. The number of aryl methyl sites for hydroxylation is 3. The number of rotatable bonds is 5. The molecule has 0 atom stereocenters. The Morgan fingerprint density at radius 3 is 2.65 bits per heavy atom. The van der Waals surface area contributed by atoms with Crippen molar-refractivity contribution in [2.75, 3.05) is 18.4 Å². The molecule has 134 valence electrons. The van der Waals surface area contributed by atoms with E-state index in [0.29, 0.717) is 13.1 Å². The van der Waals surface area contributed by atoms with Gasteiger partial charge in [-0.25, -0.2) is 0 Å². The van der Waals surface area contributed by atoms with Gasteiger partial charge in [0.1, 0.15) is 0 Å². The van der Waals surface area contributed by atoms with E-state index in [1.54, 1.807) is 6.20 Å². The summed E-state index contributed by atoms with van der Waals surface area (Å²) < 4.78 is 0. The molecular formula is C21H24N4O. The Labute approximate surface area is 153 Å². The van der Waals surface area contributed by atoms with Crippen molar-refractivity contribution in [3.8, 4) is 0 Å². The van der Waals surface area contributed by atoms with Crippen LogP contribution in [0.1, 0.15) is 32.7 Å².